The maximum atomic E-state index is 14.0. The summed E-state index contributed by atoms with van der Waals surface area (Å²) < 4.78 is 65.7. The molecule has 8 rings (SSSR count). The number of hydrogen-bond acceptors (Lipinski definition) is 8. The van der Waals surface area contributed by atoms with Crippen LogP contribution in [0.15, 0.2) is 76.6 Å². The maximum Gasteiger partial charge on any atom is 0.416 e. The molecule has 51 heavy (non-hydrogen) atoms. The van der Waals surface area contributed by atoms with Crippen LogP contribution in [0.3, 0.4) is 0 Å². The zero-order chi connectivity index (χ0) is 35.8. The number of carbonyl (C=O) groups is 3. The third-order valence-corrected chi connectivity index (χ3v) is 12.9. The number of thioether (sulfide) groups is 1. The molecule has 2 aliphatic heterocycles. The molecule has 3 amide bonds. The van der Waals surface area contributed by atoms with Crippen molar-refractivity contribution < 1.29 is 41.4 Å². The van der Waals surface area contributed by atoms with Crippen molar-refractivity contribution in [3.8, 4) is 11.5 Å². The summed E-state index contributed by atoms with van der Waals surface area (Å²) >= 11 is 2.59. The average Bonchev–Trinajstić information content (AvgIpc) is 3.83. The lowest BCUT2D eigenvalue weighted by molar-refractivity contribution is -0.137. The summed E-state index contributed by atoms with van der Waals surface area (Å²) in [4.78, 5) is 57.7. The topological polar surface area (TPSA) is 118 Å². The Balaban J connectivity index is 1.10. The number of nitrogens with one attached hydrogen (secondary N) is 2. The number of ether oxygens (including phenoxy) is 2. The zero-order valence-corrected chi connectivity index (χ0v) is 28.4. The van der Waals surface area contributed by atoms with E-state index >= 15 is 0 Å². The van der Waals surface area contributed by atoms with Crippen LogP contribution >= 0.6 is 23.1 Å². The maximum absolute atomic E-state index is 14.0. The number of benzene rings is 3. The molecule has 2 bridgehead atoms. The van der Waals surface area contributed by atoms with Gasteiger partial charge in [0.1, 0.15) is 5.82 Å². The molecule has 3 heterocycles. The van der Waals surface area contributed by atoms with Crippen molar-refractivity contribution in [3.05, 3.63) is 98.2 Å². The Hall–Kier alpha value is -4.63. The Morgan fingerprint density at radius 2 is 1.71 bits per heavy atom. The van der Waals surface area contributed by atoms with Crippen LogP contribution in [0.25, 0.3) is 0 Å². The zero-order valence-electron chi connectivity index (χ0n) is 26.7. The Morgan fingerprint density at radius 3 is 2.43 bits per heavy atom. The van der Waals surface area contributed by atoms with Gasteiger partial charge >= 0.3 is 11.0 Å². The highest BCUT2D eigenvalue weighted by molar-refractivity contribution is 8.00. The summed E-state index contributed by atoms with van der Waals surface area (Å²) in [6.07, 6.45) is -4.04. The van der Waals surface area contributed by atoms with Gasteiger partial charge in [-0.25, -0.2) is 4.39 Å². The number of aromatic nitrogens is 1. The van der Waals surface area contributed by atoms with E-state index < -0.39 is 47.1 Å². The summed E-state index contributed by atoms with van der Waals surface area (Å²) in [6, 6.07) is 15.0. The number of nitrogens with zero attached hydrogens (tertiary/aromatic N) is 1. The van der Waals surface area contributed by atoms with Gasteiger partial charge in [-0.15, -0.1) is 11.8 Å². The Kier molecular flexibility index (Phi) is 8.24. The molecule has 3 fully saturated rings. The molecule has 264 valence electrons. The molecule has 2 N–H and O–H groups in total. The first-order chi connectivity index (χ1) is 24.4. The first-order valence-corrected chi connectivity index (χ1v) is 18.0. The molecule has 4 aromatic rings. The van der Waals surface area contributed by atoms with Gasteiger partial charge in [0.25, 0.3) is 5.91 Å². The molecule has 2 saturated carbocycles. The number of aromatic amines is 1. The second-order valence-electron chi connectivity index (χ2n) is 13.0. The summed E-state index contributed by atoms with van der Waals surface area (Å²) in [6.45, 7) is 1.74. The van der Waals surface area contributed by atoms with E-state index in [4.69, 9.17) is 9.47 Å². The summed E-state index contributed by atoms with van der Waals surface area (Å²) in [5.74, 6) is -3.59. The lowest BCUT2D eigenvalue weighted by atomic mass is 9.68. The first-order valence-electron chi connectivity index (χ1n) is 16.3. The lowest BCUT2D eigenvalue weighted by Gasteiger charge is -2.43. The van der Waals surface area contributed by atoms with E-state index in [-0.39, 0.29) is 52.7 Å². The largest absolute Gasteiger partial charge is 0.490 e. The number of hydrogen-bond donors (Lipinski definition) is 2. The van der Waals surface area contributed by atoms with Crippen molar-refractivity contribution in [1.82, 2.24) is 4.98 Å². The van der Waals surface area contributed by atoms with Gasteiger partial charge in [-0.05, 0) is 91.3 Å². The van der Waals surface area contributed by atoms with Crippen molar-refractivity contribution in [2.24, 2.45) is 29.6 Å². The number of imide groups is 1. The van der Waals surface area contributed by atoms with Crippen molar-refractivity contribution >= 4 is 52.2 Å². The average molecular weight is 740 g/mol. The van der Waals surface area contributed by atoms with Crippen molar-refractivity contribution in [2.45, 2.75) is 35.7 Å². The Labute approximate surface area is 296 Å². The number of rotatable bonds is 8. The third kappa shape index (κ3) is 5.70. The van der Waals surface area contributed by atoms with Crippen LogP contribution in [-0.4, -0.2) is 41.2 Å². The summed E-state index contributed by atoms with van der Waals surface area (Å²) in [5, 5.41) is 3.20. The van der Waals surface area contributed by atoms with Crippen molar-refractivity contribution in [1.29, 1.82) is 0 Å². The van der Waals surface area contributed by atoms with Crippen molar-refractivity contribution in [2.75, 3.05) is 23.4 Å². The normalized spacial score (nSPS) is 26.1. The van der Waals surface area contributed by atoms with E-state index in [2.05, 4.69) is 10.3 Å². The van der Waals surface area contributed by atoms with Crippen LogP contribution in [0.1, 0.15) is 35.3 Å². The molecular weight excluding hydrogens is 711 g/mol. The summed E-state index contributed by atoms with van der Waals surface area (Å²) in [5.41, 5.74) is 0.172. The number of thiazole rings is 1. The standard InChI is InChI=1S/C36H29F4N3O6S2/c1-2-48-24-12-16(6-11-23(24)49-15-25(44)41-19-9-7-18(37)8-10-19)26-27-21-14-22(30(27)50-32-31(26)51-35(47)42-32)29-28(21)33(45)43(34(29)46)20-5-3-4-17(13-20)36(38,39)40/h3-13,21-22,26-30H,2,14-15H2,1H3,(H,41,44)(H,42,47)/t21-,22-,26-,27?,28?,29?,30?/m1/s1. The van der Waals surface area contributed by atoms with Gasteiger partial charge in [0.05, 0.1) is 34.7 Å². The van der Waals surface area contributed by atoms with Gasteiger partial charge in [-0.2, -0.15) is 13.2 Å². The molecule has 0 spiro atoms. The lowest BCUT2D eigenvalue weighted by Crippen LogP contribution is -2.42. The van der Waals surface area contributed by atoms with Crippen LogP contribution in [0.4, 0.5) is 28.9 Å². The van der Waals surface area contributed by atoms with Crippen LogP contribution in [-0.2, 0) is 20.6 Å². The first kappa shape index (κ1) is 33.5. The predicted molar refractivity (Wildman–Crippen MR) is 181 cm³/mol. The van der Waals surface area contributed by atoms with Gasteiger partial charge in [0.15, 0.2) is 18.1 Å². The Morgan fingerprint density at radius 1 is 0.961 bits per heavy atom. The SMILES string of the molecule is CCOc1cc([C@H]2c3sc(=O)[nH]c3SC3C2[C@H]2C[C@@H]3C3C(=O)N(c4cccc(C(F)(F)F)c4)C(=O)C32)ccc1OCC(=O)Nc1ccc(F)cc1. The molecule has 9 nitrogen and oxygen atoms in total. The highest BCUT2D eigenvalue weighted by Crippen LogP contribution is 2.69. The van der Waals surface area contributed by atoms with Gasteiger partial charge < -0.3 is 19.8 Å². The Bertz CT molecular complexity index is 2120. The number of carbonyl (C=O) groups excluding carboxylic acids is 3. The quantitative estimate of drug-likeness (QED) is 0.153. The van der Waals surface area contributed by atoms with E-state index in [0.29, 0.717) is 28.6 Å². The second kappa shape index (κ2) is 12.5. The molecule has 1 saturated heterocycles. The predicted octanol–water partition coefficient (Wildman–Crippen LogP) is 6.69. The molecule has 4 unspecified atom stereocenters. The molecule has 2 aliphatic carbocycles. The number of halogens is 4. The van der Waals surface area contributed by atoms with E-state index in [1.807, 2.05) is 12.1 Å². The van der Waals surface area contributed by atoms with Gasteiger partial charge in [0, 0.05) is 21.7 Å². The van der Waals surface area contributed by atoms with Gasteiger partial charge in [-0.1, -0.05) is 23.5 Å². The number of anilines is 2. The second-order valence-corrected chi connectivity index (χ2v) is 15.2. The molecule has 0 radical (unpaired) electrons. The number of fused-ring (bicyclic) bond motifs is 9. The van der Waals surface area contributed by atoms with Crippen LogP contribution < -0.4 is 24.6 Å². The molecule has 7 atom stereocenters. The van der Waals surface area contributed by atoms with E-state index in [1.54, 1.807) is 13.0 Å². The molecule has 1 aromatic heterocycles. The van der Waals surface area contributed by atoms with E-state index in [0.717, 1.165) is 38.8 Å². The van der Waals surface area contributed by atoms with E-state index in [9.17, 15) is 36.7 Å². The van der Waals surface area contributed by atoms with E-state index in [1.165, 1.54) is 48.2 Å². The molecule has 4 aliphatic rings. The smallest absolute Gasteiger partial charge is 0.416 e. The van der Waals surface area contributed by atoms with Crippen LogP contribution in [0.5, 0.6) is 11.5 Å². The highest BCUT2D eigenvalue weighted by atomic mass is 32.2. The molecule has 3 aromatic carbocycles. The fourth-order valence-corrected chi connectivity index (χ4v) is 11.3. The minimum absolute atomic E-state index is 0.0902. The number of alkyl halides is 3. The van der Waals surface area contributed by atoms with Gasteiger partial charge in [0.2, 0.25) is 11.8 Å². The van der Waals surface area contributed by atoms with Crippen LogP contribution in [0, 0.1) is 35.4 Å². The third-order valence-electron chi connectivity index (χ3n) is 10.3. The minimum Gasteiger partial charge on any atom is -0.490 e. The summed E-state index contributed by atoms with van der Waals surface area (Å²) in [7, 11) is 0. The minimum atomic E-state index is -4.64. The fraction of sp³-hybridized carbons (Fsp3) is 0.333. The highest BCUT2D eigenvalue weighted by Gasteiger charge is 2.69. The molecule has 15 heteroatoms. The molecular formula is C36H29F4N3O6S2. The number of amides is 3. The fourth-order valence-electron chi connectivity index (χ4n) is 8.45. The van der Waals surface area contributed by atoms with Gasteiger partial charge in [-0.3, -0.25) is 24.1 Å². The monoisotopic (exact) mass is 739 g/mol. The van der Waals surface area contributed by atoms with Crippen LogP contribution in [0.2, 0.25) is 0 Å². The van der Waals surface area contributed by atoms with Crippen molar-refractivity contribution in [3.63, 3.8) is 0 Å². The number of H-pyrrole nitrogens is 1.